The lowest BCUT2D eigenvalue weighted by atomic mass is 10.0. The van der Waals surface area contributed by atoms with Crippen LogP contribution in [0.15, 0.2) is 22.6 Å². The molecule has 1 aromatic carbocycles. The van der Waals surface area contributed by atoms with E-state index in [9.17, 15) is 0 Å². The highest BCUT2D eigenvalue weighted by molar-refractivity contribution is 5.78. The van der Waals surface area contributed by atoms with Gasteiger partial charge in [0.15, 0.2) is 5.58 Å². The zero-order valence-corrected chi connectivity index (χ0v) is 10.1. The van der Waals surface area contributed by atoms with Crippen molar-refractivity contribution < 1.29 is 9.52 Å². The molecule has 1 aliphatic rings. The molecular formula is C13H17N3O2. The maximum Gasteiger partial charge on any atom is 0.295 e. The number of fused-ring (bicyclic) bond motifs is 1. The summed E-state index contributed by atoms with van der Waals surface area (Å²) in [4.78, 5) is 4.35. The van der Waals surface area contributed by atoms with Crippen LogP contribution in [0.25, 0.3) is 11.1 Å². The van der Waals surface area contributed by atoms with Crippen LogP contribution in [0.5, 0.6) is 0 Å². The predicted octanol–water partition coefficient (Wildman–Crippen LogP) is 1.98. The molecule has 1 heterocycles. The van der Waals surface area contributed by atoms with E-state index in [-0.39, 0.29) is 12.0 Å². The van der Waals surface area contributed by atoms with Gasteiger partial charge in [0.05, 0.1) is 0 Å². The van der Waals surface area contributed by atoms with Crippen LogP contribution in [0.2, 0.25) is 0 Å². The van der Waals surface area contributed by atoms with Gasteiger partial charge >= 0.3 is 0 Å². The highest BCUT2D eigenvalue weighted by Gasteiger charge is 2.41. The topological polar surface area (TPSA) is 84.3 Å². The van der Waals surface area contributed by atoms with E-state index in [0.717, 1.165) is 31.3 Å². The van der Waals surface area contributed by atoms with Crippen LogP contribution in [0.4, 0.5) is 11.7 Å². The van der Waals surface area contributed by atoms with Crippen LogP contribution in [0.1, 0.15) is 19.3 Å². The van der Waals surface area contributed by atoms with Crippen molar-refractivity contribution in [1.29, 1.82) is 0 Å². The monoisotopic (exact) mass is 247 g/mol. The van der Waals surface area contributed by atoms with Gasteiger partial charge in [-0.05, 0) is 36.8 Å². The molecule has 0 unspecified atom stereocenters. The van der Waals surface area contributed by atoms with Gasteiger partial charge in [0.2, 0.25) is 0 Å². The van der Waals surface area contributed by atoms with E-state index in [1.54, 1.807) is 6.07 Å². The Kier molecular flexibility index (Phi) is 2.63. The van der Waals surface area contributed by atoms with Crippen LogP contribution in [-0.2, 0) is 0 Å². The van der Waals surface area contributed by atoms with Gasteiger partial charge in [-0.3, -0.25) is 0 Å². The van der Waals surface area contributed by atoms with Crippen LogP contribution < -0.4 is 11.1 Å². The lowest BCUT2D eigenvalue weighted by molar-refractivity contribution is 0.253. The maximum atomic E-state index is 9.00. The van der Waals surface area contributed by atoms with Gasteiger partial charge in [0.25, 0.3) is 6.01 Å². The molecule has 0 spiro atoms. The quantitative estimate of drug-likeness (QED) is 0.703. The number of aliphatic hydroxyl groups excluding tert-OH is 1. The SMILES string of the molecule is Nc1ccc2nc(NCC3(CCO)CC3)oc2c1. The van der Waals surface area contributed by atoms with E-state index in [0.29, 0.717) is 17.3 Å². The number of aromatic nitrogens is 1. The summed E-state index contributed by atoms with van der Waals surface area (Å²) >= 11 is 0. The summed E-state index contributed by atoms with van der Waals surface area (Å²) < 4.78 is 5.59. The zero-order chi connectivity index (χ0) is 12.6. The summed E-state index contributed by atoms with van der Waals surface area (Å²) in [5, 5.41) is 12.2. The number of hydrogen-bond donors (Lipinski definition) is 3. The number of rotatable bonds is 5. The van der Waals surface area contributed by atoms with Gasteiger partial charge in [-0.25, -0.2) is 0 Å². The van der Waals surface area contributed by atoms with Gasteiger partial charge in [-0.2, -0.15) is 4.98 Å². The van der Waals surface area contributed by atoms with Crippen molar-refractivity contribution in [2.24, 2.45) is 5.41 Å². The van der Waals surface area contributed by atoms with Gasteiger partial charge in [-0.1, -0.05) is 0 Å². The Bertz CT molecular complexity index is 560. The number of hydrogen-bond acceptors (Lipinski definition) is 5. The molecule has 5 nitrogen and oxygen atoms in total. The van der Waals surface area contributed by atoms with Crippen LogP contribution >= 0.6 is 0 Å². The minimum absolute atomic E-state index is 0.242. The number of aliphatic hydroxyl groups is 1. The zero-order valence-electron chi connectivity index (χ0n) is 10.1. The standard InChI is InChI=1S/C13H17N3O2/c14-9-1-2-10-11(7-9)18-12(16-10)15-8-13(3-4-13)5-6-17/h1-2,7,17H,3-6,8,14H2,(H,15,16). The number of anilines is 2. The number of nitrogens with two attached hydrogens (primary N) is 1. The van der Waals surface area contributed by atoms with Gasteiger partial charge < -0.3 is 20.6 Å². The van der Waals surface area contributed by atoms with Crippen molar-refractivity contribution in [3.63, 3.8) is 0 Å². The third-order valence-electron chi connectivity index (χ3n) is 3.63. The minimum atomic E-state index is 0.242. The molecule has 1 aliphatic carbocycles. The van der Waals surface area contributed by atoms with E-state index in [2.05, 4.69) is 10.3 Å². The van der Waals surface area contributed by atoms with Crippen molar-refractivity contribution in [3.05, 3.63) is 18.2 Å². The Morgan fingerprint density at radius 1 is 1.44 bits per heavy atom. The van der Waals surface area contributed by atoms with E-state index in [1.807, 2.05) is 12.1 Å². The second-order valence-electron chi connectivity index (χ2n) is 5.07. The largest absolute Gasteiger partial charge is 0.423 e. The minimum Gasteiger partial charge on any atom is -0.423 e. The number of oxazole rings is 1. The summed E-state index contributed by atoms with van der Waals surface area (Å²) in [5.41, 5.74) is 8.11. The maximum absolute atomic E-state index is 9.00. The molecule has 3 rings (SSSR count). The molecule has 0 atom stereocenters. The molecule has 0 radical (unpaired) electrons. The fourth-order valence-corrected chi connectivity index (χ4v) is 2.21. The van der Waals surface area contributed by atoms with Crippen molar-refractivity contribution in [2.45, 2.75) is 19.3 Å². The third-order valence-corrected chi connectivity index (χ3v) is 3.63. The summed E-state index contributed by atoms with van der Waals surface area (Å²) in [5.74, 6) is 0. The molecule has 1 aromatic heterocycles. The molecule has 2 aromatic rings. The molecular weight excluding hydrogens is 230 g/mol. The van der Waals surface area contributed by atoms with Crippen molar-refractivity contribution in [3.8, 4) is 0 Å². The average molecular weight is 247 g/mol. The lowest BCUT2D eigenvalue weighted by Gasteiger charge is -2.12. The molecule has 96 valence electrons. The van der Waals surface area contributed by atoms with E-state index < -0.39 is 0 Å². The molecule has 0 bridgehead atoms. The van der Waals surface area contributed by atoms with Crippen molar-refractivity contribution in [1.82, 2.24) is 4.98 Å². The Morgan fingerprint density at radius 2 is 2.28 bits per heavy atom. The first-order chi connectivity index (χ1) is 8.71. The molecule has 18 heavy (non-hydrogen) atoms. The first-order valence-corrected chi connectivity index (χ1v) is 6.22. The Balaban J connectivity index is 1.71. The average Bonchev–Trinajstić information content (AvgIpc) is 2.99. The summed E-state index contributed by atoms with van der Waals surface area (Å²) in [6, 6.07) is 5.96. The Hall–Kier alpha value is -1.75. The smallest absolute Gasteiger partial charge is 0.295 e. The summed E-state index contributed by atoms with van der Waals surface area (Å²) in [6.45, 7) is 1.04. The Morgan fingerprint density at radius 3 is 3.00 bits per heavy atom. The van der Waals surface area contributed by atoms with Crippen LogP contribution in [0, 0.1) is 5.41 Å². The van der Waals surface area contributed by atoms with Crippen LogP contribution in [0.3, 0.4) is 0 Å². The van der Waals surface area contributed by atoms with Gasteiger partial charge in [0.1, 0.15) is 5.52 Å². The normalized spacial score (nSPS) is 16.9. The highest BCUT2D eigenvalue weighted by atomic mass is 16.4. The number of benzene rings is 1. The third kappa shape index (κ3) is 2.13. The predicted molar refractivity (Wildman–Crippen MR) is 70.3 cm³/mol. The van der Waals surface area contributed by atoms with Gasteiger partial charge in [0, 0.05) is 24.9 Å². The number of nitrogens with one attached hydrogen (secondary N) is 1. The highest BCUT2D eigenvalue weighted by Crippen LogP contribution is 2.48. The van der Waals surface area contributed by atoms with E-state index >= 15 is 0 Å². The molecule has 0 saturated heterocycles. The van der Waals surface area contributed by atoms with E-state index in [1.165, 1.54) is 0 Å². The molecule has 0 amide bonds. The molecule has 5 heteroatoms. The fourth-order valence-electron chi connectivity index (χ4n) is 2.21. The van der Waals surface area contributed by atoms with E-state index in [4.69, 9.17) is 15.3 Å². The second-order valence-corrected chi connectivity index (χ2v) is 5.07. The fraction of sp³-hybridized carbons (Fsp3) is 0.462. The molecule has 1 saturated carbocycles. The van der Waals surface area contributed by atoms with Gasteiger partial charge in [-0.15, -0.1) is 0 Å². The Labute approximate surface area is 105 Å². The molecule has 1 fully saturated rings. The first kappa shape index (κ1) is 11.3. The number of nitrogens with zero attached hydrogens (tertiary/aromatic N) is 1. The lowest BCUT2D eigenvalue weighted by Crippen LogP contribution is -2.16. The molecule has 4 N–H and O–H groups in total. The molecule has 0 aliphatic heterocycles. The van der Waals surface area contributed by atoms with Crippen molar-refractivity contribution in [2.75, 3.05) is 24.2 Å². The number of nitrogen functional groups attached to an aromatic ring is 1. The summed E-state index contributed by atoms with van der Waals surface area (Å²) in [7, 11) is 0. The van der Waals surface area contributed by atoms with Crippen LogP contribution in [-0.4, -0.2) is 23.2 Å². The van der Waals surface area contributed by atoms with Crippen molar-refractivity contribution >= 4 is 22.8 Å². The first-order valence-electron chi connectivity index (χ1n) is 6.22. The summed E-state index contributed by atoms with van der Waals surface area (Å²) in [6.07, 6.45) is 3.16. The second kappa shape index (κ2) is 4.17.